The summed E-state index contributed by atoms with van der Waals surface area (Å²) in [6.07, 6.45) is 3.27. The fraction of sp³-hybridized carbons (Fsp3) is 0.0500. The molecule has 7 heteroatoms. The highest BCUT2D eigenvalue weighted by atomic mass is 35.5. The number of benzene rings is 2. The summed E-state index contributed by atoms with van der Waals surface area (Å²) >= 11 is 11.9. The van der Waals surface area contributed by atoms with E-state index in [1.165, 1.54) is 10.9 Å². The van der Waals surface area contributed by atoms with Crippen molar-refractivity contribution in [1.29, 1.82) is 0 Å². The number of rotatable bonds is 4. The Morgan fingerprint density at radius 1 is 0.926 bits per heavy atom. The van der Waals surface area contributed by atoms with Crippen molar-refractivity contribution in [3.63, 3.8) is 0 Å². The molecule has 27 heavy (non-hydrogen) atoms. The number of nitrogens with zero attached hydrogens (tertiary/aromatic N) is 4. The van der Waals surface area contributed by atoms with E-state index in [0.29, 0.717) is 0 Å². The molecule has 0 fully saturated rings. The van der Waals surface area contributed by atoms with E-state index in [0.717, 1.165) is 22.5 Å². The Labute approximate surface area is 165 Å². The van der Waals surface area contributed by atoms with Gasteiger partial charge in [0, 0.05) is 17.3 Å². The average Bonchev–Trinajstić information content (AvgIpc) is 3.14. The third-order valence-electron chi connectivity index (χ3n) is 4.12. The zero-order chi connectivity index (χ0) is 18.8. The Kier molecular flexibility index (Phi) is 4.79. The maximum Gasteiger partial charge on any atom is 0.287 e. The summed E-state index contributed by atoms with van der Waals surface area (Å²) in [5, 5.41) is 8.93. The molecular weight excluding hydrogens is 383 g/mol. The van der Waals surface area contributed by atoms with Crippen LogP contribution >= 0.6 is 23.2 Å². The summed E-state index contributed by atoms with van der Waals surface area (Å²) in [6.45, 7) is 0.229. The lowest BCUT2D eigenvalue weighted by Crippen LogP contribution is -2.23. The zero-order valence-electron chi connectivity index (χ0n) is 14.1. The Bertz CT molecular complexity index is 1140. The van der Waals surface area contributed by atoms with Crippen LogP contribution in [0.4, 0.5) is 0 Å². The first-order valence-electron chi connectivity index (χ1n) is 8.24. The van der Waals surface area contributed by atoms with Crippen LogP contribution < -0.4 is 5.56 Å². The number of aromatic nitrogens is 4. The van der Waals surface area contributed by atoms with Crippen LogP contribution in [0.15, 0.2) is 77.9 Å². The van der Waals surface area contributed by atoms with Crippen molar-refractivity contribution in [2.45, 2.75) is 6.54 Å². The summed E-state index contributed by atoms with van der Waals surface area (Å²) in [6, 6.07) is 19.6. The topological polar surface area (TPSA) is 52.7 Å². The highest BCUT2D eigenvalue weighted by molar-refractivity contribution is 6.41. The van der Waals surface area contributed by atoms with Gasteiger partial charge in [0.1, 0.15) is 5.02 Å². The number of hydrogen-bond acceptors (Lipinski definition) is 3. The van der Waals surface area contributed by atoms with Crippen LogP contribution in [0.25, 0.3) is 16.9 Å². The lowest BCUT2D eigenvalue weighted by Gasteiger charge is -2.06. The minimum absolute atomic E-state index is 0.0385. The van der Waals surface area contributed by atoms with E-state index < -0.39 is 5.56 Å². The van der Waals surface area contributed by atoms with E-state index in [9.17, 15) is 4.79 Å². The molecule has 5 nitrogen and oxygen atoms in total. The van der Waals surface area contributed by atoms with Gasteiger partial charge in [-0.15, -0.1) is 0 Å². The molecule has 0 aliphatic heterocycles. The van der Waals surface area contributed by atoms with Crippen molar-refractivity contribution >= 4 is 23.2 Å². The fourth-order valence-corrected chi connectivity index (χ4v) is 3.07. The van der Waals surface area contributed by atoms with Gasteiger partial charge in [-0.25, -0.2) is 9.36 Å². The molecule has 0 aliphatic rings. The van der Waals surface area contributed by atoms with Gasteiger partial charge in [-0.05, 0) is 12.1 Å². The van der Waals surface area contributed by atoms with Gasteiger partial charge in [0.05, 0.1) is 29.1 Å². The standard InChI is InChI=1S/C20H14Cl2N4O/c21-17-11-23-26(20(27)18(17)22)13-15-12-25(16-9-5-2-6-10-16)24-19(15)14-7-3-1-4-8-14/h1-12H,13H2. The summed E-state index contributed by atoms with van der Waals surface area (Å²) in [7, 11) is 0. The van der Waals surface area contributed by atoms with E-state index in [4.69, 9.17) is 28.3 Å². The van der Waals surface area contributed by atoms with E-state index in [1.807, 2.05) is 66.9 Å². The van der Waals surface area contributed by atoms with E-state index in [2.05, 4.69) is 5.10 Å². The maximum absolute atomic E-state index is 12.4. The normalized spacial score (nSPS) is 10.9. The predicted octanol–water partition coefficient (Wildman–Crippen LogP) is 4.45. The van der Waals surface area contributed by atoms with Crippen LogP contribution in [0.3, 0.4) is 0 Å². The first kappa shape index (κ1) is 17.5. The first-order chi connectivity index (χ1) is 13.1. The minimum Gasteiger partial charge on any atom is -0.266 e. The smallest absolute Gasteiger partial charge is 0.266 e. The van der Waals surface area contributed by atoms with Crippen LogP contribution in [0.1, 0.15) is 5.56 Å². The fourth-order valence-electron chi connectivity index (χ4n) is 2.80. The Hall–Kier alpha value is -2.89. The second-order valence-electron chi connectivity index (χ2n) is 5.92. The second kappa shape index (κ2) is 7.39. The lowest BCUT2D eigenvalue weighted by molar-refractivity contribution is 0.640. The molecule has 0 N–H and O–H groups in total. The number of hydrogen-bond donors (Lipinski definition) is 0. The maximum atomic E-state index is 12.4. The summed E-state index contributed by atoms with van der Waals surface area (Å²) in [5.74, 6) is 0. The number of para-hydroxylation sites is 1. The Morgan fingerprint density at radius 3 is 2.30 bits per heavy atom. The molecule has 0 amide bonds. The third kappa shape index (κ3) is 3.52. The number of halogens is 2. The summed E-state index contributed by atoms with van der Waals surface area (Å²) < 4.78 is 3.08. The monoisotopic (exact) mass is 396 g/mol. The third-order valence-corrected chi connectivity index (χ3v) is 4.87. The average molecular weight is 397 g/mol. The highest BCUT2D eigenvalue weighted by Crippen LogP contribution is 2.24. The van der Waals surface area contributed by atoms with Gasteiger partial charge < -0.3 is 0 Å². The molecule has 0 saturated heterocycles. The Morgan fingerprint density at radius 2 is 1.59 bits per heavy atom. The lowest BCUT2D eigenvalue weighted by atomic mass is 10.1. The molecule has 4 rings (SSSR count). The molecule has 2 aromatic carbocycles. The van der Waals surface area contributed by atoms with Crippen LogP contribution in [-0.2, 0) is 6.54 Å². The van der Waals surface area contributed by atoms with Gasteiger partial charge in [0.15, 0.2) is 0 Å². The first-order valence-corrected chi connectivity index (χ1v) is 8.99. The molecule has 0 unspecified atom stereocenters. The van der Waals surface area contributed by atoms with Crippen LogP contribution in [-0.4, -0.2) is 19.6 Å². The summed E-state index contributed by atoms with van der Waals surface area (Å²) in [4.78, 5) is 12.4. The molecule has 0 bridgehead atoms. The molecule has 0 radical (unpaired) electrons. The van der Waals surface area contributed by atoms with Crippen molar-refractivity contribution in [2.24, 2.45) is 0 Å². The van der Waals surface area contributed by atoms with E-state index >= 15 is 0 Å². The van der Waals surface area contributed by atoms with Gasteiger partial charge in [-0.2, -0.15) is 10.2 Å². The van der Waals surface area contributed by atoms with Crippen molar-refractivity contribution in [3.05, 3.63) is 99.0 Å². The van der Waals surface area contributed by atoms with E-state index in [-0.39, 0.29) is 16.6 Å². The molecule has 0 aliphatic carbocycles. The molecule has 2 aromatic heterocycles. The van der Waals surface area contributed by atoms with Gasteiger partial charge in [0.2, 0.25) is 0 Å². The molecular formula is C20H14Cl2N4O. The predicted molar refractivity (Wildman–Crippen MR) is 107 cm³/mol. The Balaban J connectivity index is 1.83. The van der Waals surface area contributed by atoms with Gasteiger partial charge >= 0.3 is 0 Å². The van der Waals surface area contributed by atoms with Gasteiger partial charge in [-0.3, -0.25) is 4.79 Å². The SMILES string of the molecule is O=c1c(Cl)c(Cl)cnn1Cc1cn(-c2ccccc2)nc1-c1ccccc1. The highest BCUT2D eigenvalue weighted by Gasteiger charge is 2.15. The van der Waals surface area contributed by atoms with Crippen molar-refractivity contribution in [3.8, 4) is 16.9 Å². The largest absolute Gasteiger partial charge is 0.287 e. The van der Waals surface area contributed by atoms with Gasteiger partial charge in [-0.1, -0.05) is 71.7 Å². The zero-order valence-corrected chi connectivity index (χ0v) is 15.6. The quantitative estimate of drug-likeness (QED) is 0.511. The second-order valence-corrected chi connectivity index (χ2v) is 6.70. The van der Waals surface area contributed by atoms with Crippen molar-refractivity contribution in [1.82, 2.24) is 19.6 Å². The molecule has 2 heterocycles. The van der Waals surface area contributed by atoms with Crippen molar-refractivity contribution < 1.29 is 0 Å². The van der Waals surface area contributed by atoms with Crippen LogP contribution in [0.2, 0.25) is 10.0 Å². The molecule has 0 saturated carbocycles. The van der Waals surface area contributed by atoms with Gasteiger partial charge in [0.25, 0.3) is 5.56 Å². The van der Waals surface area contributed by atoms with Crippen LogP contribution in [0, 0.1) is 0 Å². The van der Waals surface area contributed by atoms with E-state index in [1.54, 1.807) is 4.68 Å². The van der Waals surface area contributed by atoms with Crippen molar-refractivity contribution in [2.75, 3.05) is 0 Å². The summed E-state index contributed by atoms with van der Waals surface area (Å²) in [5.41, 5.74) is 3.07. The minimum atomic E-state index is -0.435. The molecule has 0 atom stereocenters. The molecule has 134 valence electrons. The molecule has 4 aromatic rings. The van der Waals surface area contributed by atoms with Crippen LogP contribution in [0.5, 0.6) is 0 Å². The molecule has 0 spiro atoms.